The molecular weight excluding hydrogens is 340 g/mol. The molecule has 0 unspecified atom stereocenters. The lowest BCUT2D eigenvalue weighted by Gasteiger charge is -2.24. The molecule has 1 aliphatic carbocycles. The number of hydrogen-bond acceptors (Lipinski definition) is 6. The number of nitrogen functional groups attached to an aromatic ring is 1. The summed E-state index contributed by atoms with van der Waals surface area (Å²) in [6.07, 6.45) is 6.24. The summed E-state index contributed by atoms with van der Waals surface area (Å²) in [6, 6.07) is 9.91. The van der Waals surface area contributed by atoms with Gasteiger partial charge in [0.25, 0.3) is 0 Å². The Balaban J connectivity index is 1.55. The van der Waals surface area contributed by atoms with Crippen molar-refractivity contribution in [3.05, 3.63) is 42.2 Å². The van der Waals surface area contributed by atoms with E-state index in [1.807, 2.05) is 43.5 Å². The quantitative estimate of drug-likeness (QED) is 0.639. The predicted octanol–water partition coefficient (Wildman–Crippen LogP) is 3.44. The van der Waals surface area contributed by atoms with E-state index in [1.54, 1.807) is 4.52 Å². The molecule has 0 radical (unpaired) electrons. The van der Waals surface area contributed by atoms with E-state index in [0.29, 0.717) is 35.7 Å². The van der Waals surface area contributed by atoms with Gasteiger partial charge in [-0.05, 0) is 56.9 Å². The van der Waals surface area contributed by atoms with E-state index in [9.17, 15) is 0 Å². The monoisotopic (exact) mass is 366 g/mol. The molecule has 1 aliphatic rings. The zero-order valence-electron chi connectivity index (χ0n) is 15.6. The zero-order chi connectivity index (χ0) is 18.8. The van der Waals surface area contributed by atoms with Crippen molar-refractivity contribution in [3.63, 3.8) is 0 Å². The Labute approximate surface area is 158 Å². The van der Waals surface area contributed by atoms with Crippen LogP contribution in [0.2, 0.25) is 0 Å². The first-order valence-electron chi connectivity index (χ1n) is 9.53. The van der Waals surface area contributed by atoms with E-state index >= 15 is 0 Å². The maximum Gasteiger partial charge on any atom is 0.177 e. The number of rotatable bonds is 5. The molecule has 1 aromatic carbocycles. The number of benzene rings is 1. The molecule has 0 saturated heterocycles. The third kappa shape index (κ3) is 3.83. The maximum absolute atomic E-state index is 6.24. The molecule has 0 spiro atoms. The summed E-state index contributed by atoms with van der Waals surface area (Å²) >= 11 is 0. The molecule has 1 fully saturated rings. The van der Waals surface area contributed by atoms with Crippen LogP contribution in [0.5, 0.6) is 5.75 Å². The highest BCUT2D eigenvalue weighted by atomic mass is 16.5. The van der Waals surface area contributed by atoms with Crippen molar-refractivity contribution in [1.82, 2.24) is 14.6 Å². The largest absolute Gasteiger partial charge is 0.494 e. The van der Waals surface area contributed by atoms with Crippen molar-refractivity contribution in [2.45, 2.75) is 44.6 Å². The molecule has 27 heavy (non-hydrogen) atoms. The van der Waals surface area contributed by atoms with Gasteiger partial charge in [-0.1, -0.05) is 0 Å². The first kappa shape index (κ1) is 17.6. The number of nitrogens with zero attached hydrogens (tertiary/aromatic N) is 3. The van der Waals surface area contributed by atoms with Crippen molar-refractivity contribution in [3.8, 4) is 5.75 Å². The second-order valence-corrected chi connectivity index (χ2v) is 7.11. The van der Waals surface area contributed by atoms with Gasteiger partial charge in [0, 0.05) is 23.7 Å². The molecule has 1 saturated carbocycles. The highest BCUT2D eigenvalue weighted by Gasteiger charge is 2.23. The first-order valence-corrected chi connectivity index (χ1v) is 9.53. The van der Waals surface area contributed by atoms with Crippen molar-refractivity contribution in [1.29, 1.82) is 0 Å². The molecule has 5 N–H and O–H groups in total. The topological polar surface area (TPSA) is 103 Å². The minimum atomic E-state index is 0.325. The number of anilines is 3. The lowest BCUT2D eigenvalue weighted by atomic mass is 9.85. The fourth-order valence-corrected chi connectivity index (χ4v) is 3.64. The first-order chi connectivity index (χ1) is 13.1. The van der Waals surface area contributed by atoms with Crippen LogP contribution in [0.1, 0.15) is 44.2 Å². The Morgan fingerprint density at radius 3 is 2.63 bits per heavy atom. The average molecular weight is 366 g/mol. The van der Waals surface area contributed by atoms with Crippen LogP contribution in [-0.2, 0) is 0 Å². The number of fused-ring (bicyclic) bond motifs is 1. The molecule has 4 rings (SSSR count). The molecule has 2 heterocycles. The maximum atomic E-state index is 6.24. The third-order valence-corrected chi connectivity index (χ3v) is 5.10. The van der Waals surface area contributed by atoms with Crippen LogP contribution in [0, 0.1) is 0 Å². The highest BCUT2D eigenvalue weighted by molar-refractivity contribution is 5.70. The van der Waals surface area contributed by atoms with Gasteiger partial charge in [-0.15, -0.1) is 5.10 Å². The van der Waals surface area contributed by atoms with Gasteiger partial charge in [-0.25, -0.2) is 9.50 Å². The van der Waals surface area contributed by atoms with Gasteiger partial charge < -0.3 is 21.5 Å². The van der Waals surface area contributed by atoms with Crippen molar-refractivity contribution >= 4 is 22.8 Å². The van der Waals surface area contributed by atoms with Crippen LogP contribution in [0.3, 0.4) is 0 Å². The van der Waals surface area contributed by atoms with Crippen LogP contribution in [0.15, 0.2) is 36.5 Å². The molecule has 7 nitrogen and oxygen atoms in total. The highest BCUT2D eigenvalue weighted by Crippen LogP contribution is 2.32. The summed E-state index contributed by atoms with van der Waals surface area (Å²) in [5.41, 5.74) is 15.5. The van der Waals surface area contributed by atoms with Crippen LogP contribution < -0.4 is 21.5 Å². The number of ether oxygens (including phenoxy) is 1. The molecule has 0 aliphatic heterocycles. The van der Waals surface area contributed by atoms with Gasteiger partial charge in [0.05, 0.1) is 24.2 Å². The summed E-state index contributed by atoms with van der Waals surface area (Å²) < 4.78 is 7.25. The van der Waals surface area contributed by atoms with Crippen molar-refractivity contribution in [2.24, 2.45) is 5.73 Å². The van der Waals surface area contributed by atoms with Gasteiger partial charge in [-0.3, -0.25) is 0 Å². The molecule has 0 bridgehead atoms. The van der Waals surface area contributed by atoms with E-state index in [-0.39, 0.29) is 0 Å². The van der Waals surface area contributed by atoms with E-state index in [0.717, 1.165) is 42.8 Å². The Morgan fingerprint density at radius 2 is 1.93 bits per heavy atom. The smallest absolute Gasteiger partial charge is 0.177 e. The van der Waals surface area contributed by atoms with Gasteiger partial charge in [0.1, 0.15) is 5.75 Å². The van der Waals surface area contributed by atoms with Gasteiger partial charge in [0.15, 0.2) is 11.5 Å². The van der Waals surface area contributed by atoms with Gasteiger partial charge in [0.2, 0.25) is 0 Å². The molecule has 0 amide bonds. The van der Waals surface area contributed by atoms with Crippen molar-refractivity contribution < 1.29 is 4.74 Å². The van der Waals surface area contributed by atoms with Crippen LogP contribution in [0.4, 0.5) is 17.2 Å². The molecular formula is C20H26N6O. The standard InChI is InChI=1S/C20H26N6O/c1-2-27-16-9-7-15(8-10-16)23-19-11-17(22)20-24-18(12-26(20)25-19)13-3-5-14(21)6-4-13/h7-14H,2-6,21-22H2,1H3,(H,23,25). The Bertz CT molecular complexity index is 912. The Hall–Kier alpha value is -2.80. The Morgan fingerprint density at radius 1 is 1.19 bits per heavy atom. The fraction of sp³-hybridized carbons (Fsp3) is 0.400. The summed E-state index contributed by atoms with van der Waals surface area (Å²) in [4.78, 5) is 4.73. The number of nitrogens with one attached hydrogen (secondary N) is 1. The lowest BCUT2D eigenvalue weighted by molar-refractivity contribution is 0.340. The number of hydrogen-bond donors (Lipinski definition) is 3. The molecule has 0 atom stereocenters. The van der Waals surface area contributed by atoms with Crippen molar-refractivity contribution in [2.75, 3.05) is 17.7 Å². The van der Waals surface area contributed by atoms with E-state index < -0.39 is 0 Å². The Kier molecular flexibility index (Phi) is 4.85. The summed E-state index contributed by atoms with van der Waals surface area (Å²) in [5.74, 6) is 1.96. The van der Waals surface area contributed by atoms with E-state index in [2.05, 4.69) is 10.4 Å². The molecule has 2 aromatic heterocycles. The second kappa shape index (κ2) is 7.44. The summed E-state index contributed by atoms with van der Waals surface area (Å²) in [5, 5.41) is 7.92. The second-order valence-electron chi connectivity index (χ2n) is 7.11. The minimum Gasteiger partial charge on any atom is -0.494 e. The third-order valence-electron chi connectivity index (χ3n) is 5.10. The molecule has 7 heteroatoms. The summed E-state index contributed by atoms with van der Waals surface area (Å²) in [7, 11) is 0. The zero-order valence-corrected chi connectivity index (χ0v) is 15.6. The van der Waals surface area contributed by atoms with Crippen LogP contribution in [0.25, 0.3) is 5.65 Å². The van der Waals surface area contributed by atoms with E-state index in [4.69, 9.17) is 21.2 Å². The molecule has 142 valence electrons. The fourth-order valence-electron chi connectivity index (χ4n) is 3.64. The number of aromatic nitrogens is 3. The molecule has 3 aromatic rings. The van der Waals surface area contributed by atoms with Gasteiger partial charge >= 0.3 is 0 Å². The predicted molar refractivity (Wildman–Crippen MR) is 107 cm³/mol. The van der Waals surface area contributed by atoms with E-state index in [1.165, 1.54) is 0 Å². The minimum absolute atomic E-state index is 0.325. The summed E-state index contributed by atoms with van der Waals surface area (Å²) in [6.45, 7) is 2.62. The normalized spacial score (nSPS) is 19.9. The van der Waals surface area contributed by atoms with Crippen LogP contribution in [-0.4, -0.2) is 27.2 Å². The number of nitrogens with two attached hydrogens (primary N) is 2. The SMILES string of the molecule is CCOc1ccc(Nc2cc(N)c3nc(C4CCC(N)CC4)cn3n2)cc1. The average Bonchev–Trinajstić information content (AvgIpc) is 3.09. The lowest BCUT2D eigenvalue weighted by Crippen LogP contribution is -2.25. The van der Waals surface area contributed by atoms with Gasteiger partial charge in [-0.2, -0.15) is 0 Å². The number of imidazole rings is 1. The van der Waals surface area contributed by atoms with Crippen LogP contribution >= 0.6 is 0 Å².